The zero-order valence-electron chi connectivity index (χ0n) is 26.7. The molecule has 0 fully saturated rings. The minimum atomic E-state index is -2.20. The third kappa shape index (κ3) is 6.01. The number of aromatic carboxylic acids is 1. The molecule has 0 unspecified atom stereocenters. The number of carboxylic acids is 1. The summed E-state index contributed by atoms with van der Waals surface area (Å²) in [6.07, 6.45) is -4.92. The highest BCUT2D eigenvalue weighted by molar-refractivity contribution is 5.89. The van der Waals surface area contributed by atoms with Crippen LogP contribution in [-0.4, -0.2) is 29.3 Å². The number of hydrogen-bond donors (Lipinski definition) is 3. The van der Waals surface area contributed by atoms with E-state index in [1.54, 1.807) is 31.2 Å². The summed E-state index contributed by atoms with van der Waals surface area (Å²) < 4.78 is 90.8. The van der Waals surface area contributed by atoms with Crippen LogP contribution >= 0.6 is 0 Å². The second-order valence-corrected chi connectivity index (χ2v) is 6.26. The molecule has 1 atom stereocenters. The Morgan fingerprint density at radius 2 is 1.97 bits per heavy atom. The summed E-state index contributed by atoms with van der Waals surface area (Å²) in [4.78, 5) is 11.7. The molecular weight excluding hydrogens is 362 g/mol. The summed E-state index contributed by atoms with van der Waals surface area (Å²) in [5, 5.41) is 22.7. The molecule has 0 aromatic heterocycles. The highest BCUT2D eigenvalue weighted by Gasteiger charge is 2.07. The van der Waals surface area contributed by atoms with Crippen LogP contribution in [0.4, 0.5) is 0 Å². The van der Waals surface area contributed by atoms with Gasteiger partial charge in [-0.3, -0.25) is 0 Å². The topological polar surface area (TPSA) is 69.6 Å². The molecule has 0 amide bonds. The normalized spacial score (nSPS) is 18.9. The summed E-state index contributed by atoms with van der Waals surface area (Å²) in [6.45, 7) is 0.999. The quantitative estimate of drug-likeness (QED) is 0.490. The number of aliphatic hydroxyl groups is 1. The molecule has 4 nitrogen and oxygen atoms in total. The van der Waals surface area contributed by atoms with Crippen molar-refractivity contribution in [2.24, 2.45) is 0 Å². The second-order valence-electron chi connectivity index (χ2n) is 6.26. The lowest BCUT2D eigenvalue weighted by molar-refractivity contribution is 0.0697. The molecule has 3 aromatic carbocycles. The Morgan fingerprint density at radius 3 is 2.72 bits per heavy atom. The van der Waals surface area contributed by atoms with E-state index in [0.717, 1.165) is 5.56 Å². The van der Waals surface area contributed by atoms with Gasteiger partial charge in [-0.25, -0.2) is 4.79 Å². The molecule has 3 aromatic rings. The van der Waals surface area contributed by atoms with Gasteiger partial charge < -0.3 is 15.5 Å². The fourth-order valence-corrected chi connectivity index (χ4v) is 2.56. The largest absolute Gasteiger partial charge is 0.478 e. The Bertz CT molecular complexity index is 1490. The smallest absolute Gasteiger partial charge is 0.335 e. The Kier molecular flexibility index (Phi) is 3.70. The van der Waals surface area contributed by atoms with Crippen LogP contribution in [0.2, 0.25) is 0 Å². The maximum absolute atomic E-state index is 11.7. The first kappa shape index (κ1) is 10.7. The molecule has 3 rings (SSSR count). The van der Waals surface area contributed by atoms with Crippen LogP contribution in [-0.2, 0) is 6.42 Å². The summed E-state index contributed by atoms with van der Waals surface area (Å²) in [6, 6.07) is 0.341. The molecule has 0 bridgehead atoms. The summed E-state index contributed by atoms with van der Waals surface area (Å²) >= 11 is 0. The van der Waals surface area contributed by atoms with Crippen molar-refractivity contribution in [3.8, 4) is 11.1 Å². The van der Waals surface area contributed by atoms with Gasteiger partial charge >= 0.3 is 5.97 Å². The van der Waals surface area contributed by atoms with Gasteiger partial charge in [0.2, 0.25) is 0 Å². The van der Waals surface area contributed by atoms with E-state index in [1.807, 2.05) is 0 Å². The maximum atomic E-state index is 11.7. The van der Waals surface area contributed by atoms with E-state index in [9.17, 15) is 15.0 Å². The van der Waals surface area contributed by atoms with Crippen molar-refractivity contribution in [2.45, 2.75) is 25.8 Å². The van der Waals surface area contributed by atoms with Crippen LogP contribution in [0.15, 0.2) is 72.6 Å². The van der Waals surface area contributed by atoms with Gasteiger partial charge in [0.05, 0.1) is 24.0 Å². The lowest BCUT2D eigenvalue weighted by Crippen LogP contribution is -2.22. The summed E-state index contributed by atoms with van der Waals surface area (Å²) in [5.41, 5.74) is -1.37. The van der Waals surface area contributed by atoms with Crippen LogP contribution < -0.4 is 5.32 Å². The molecule has 0 saturated carbocycles. The zero-order valence-corrected chi connectivity index (χ0v) is 15.7. The Labute approximate surface area is 187 Å². The molecular formula is C25H27NO3. The van der Waals surface area contributed by atoms with E-state index < -0.39 is 96.4 Å². The number of carbonyl (C=O) groups is 1. The lowest BCUT2D eigenvalue weighted by Gasteiger charge is -2.13. The van der Waals surface area contributed by atoms with Crippen LogP contribution in [0, 0.1) is 6.92 Å². The fourth-order valence-electron chi connectivity index (χ4n) is 2.56. The molecule has 0 aliphatic carbocycles. The standard InChI is InChI=1S/C25H27NO3/c1-18-6-2-11-22(14-18)24(27)17-26-13-5-8-19-7-3-9-20(15-19)21-10-4-12-23(16-21)25(28)29/h2-4,6-7,9-12,14-16,24,26-27H,5,8,13,17H2,1H3,(H,28,29)/t24-/m0/s1/i3D,4D,5D2,7D,9D,10D,12D,15D,16D,24D. The molecule has 0 spiro atoms. The molecule has 4 heteroatoms. The molecule has 3 N–H and O–H groups in total. The number of nitrogens with one attached hydrogen (secondary N) is 1. The van der Waals surface area contributed by atoms with E-state index >= 15 is 0 Å². The van der Waals surface area contributed by atoms with Gasteiger partial charge in [-0.1, -0.05) is 66.1 Å². The van der Waals surface area contributed by atoms with E-state index in [0.29, 0.717) is 5.56 Å². The SMILES string of the molecule is [2H]c1c([2H])c(CC([2H])([2H])CNC[C@]([2H])(O)c2cccc(C)c2)c([2H])c(-c2c([2H])c([2H])c([2H])c(C(=O)O)c2[2H])c1[2H]. The maximum Gasteiger partial charge on any atom is 0.335 e. The average molecular weight is 401 g/mol. The first-order chi connectivity index (χ1) is 18.4. The molecule has 0 saturated heterocycles. The zero-order chi connectivity index (χ0) is 30.3. The van der Waals surface area contributed by atoms with Crippen molar-refractivity contribution >= 4 is 5.97 Å². The molecule has 29 heavy (non-hydrogen) atoms. The van der Waals surface area contributed by atoms with Gasteiger partial charge in [-0.15, -0.1) is 0 Å². The van der Waals surface area contributed by atoms with Crippen molar-refractivity contribution < 1.29 is 30.1 Å². The Balaban J connectivity index is 2.01. The fraction of sp³-hybridized carbons (Fsp3) is 0.240. The van der Waals surface area contributed by atoms with Crippen molar-refractivity contribution in [3.05, 3.63) is 94.9 Å². The highest BCUT2D eigenvalue weighted by Crippen LogP contribution is 2.22. The van der Waals surface area contributed by atoms with Gasteiger partial charge in [-0.2, -0.15) is 0 Å². The van der Waals surface area contributed by atoms with E-state index in [-0.39, 0.29) is 12.1 Å². The Morgan fingerprint density at radius 1 is 1.21 bits per heavy atom. The van der Waals surface area contributed by atoms with E-state index in [2.05, 4.69) is 5.32 Å². The molecule has 0 aliphatic heterocycles. The van der Waals surface area contributed by atoms with Crippen molar-refractivity contribution in [1.29, 1.82) is 0 Å². The monoisotopic (exact) mass is 400 g/mol. The van der Waals surface area contributed by atoms with Crippen LogP contribution in [0.25, 0.3) is 11.1 Å². The number of carboxylic acid groups (broad SMARTS) is 1. The van der Waals surface area contributed by atoms with Gasteiger partial charge in [-0.05, 0) is 60.6 Å². The first-order valence-electron chi connectivity index (χ1n) is 14.3. The van der Waals surface area contributed by atoms with Crippen LogP contribution in [0.1, 0.15) is 54.6 Å². The number of hydrogen-bond acceptors (Lipinski definition) is 3. The average Bonchev–Trinajstić information content (AvgIpc) is 2.85. The van der Waals surface area contributed by atoms with Gasteiger partial charge in [0, 0.05) is 9.29 Å². The number of benzene rings is 3. The summed E-state index contributed by atoms with van der Waals surface area (Å²) in [5.74, 6) is -1.73. The van der Waals surface area contributed by atoms with E-state index in [4.69, 9.17) is 15.1 Å². The van der Waals surface area contributed by atoms with Crippen molar-refractivity contribution in [3.63, 3.8) is 0 Å². The molecule has 0 aliphatic rings. The second kappa shape index (κ2) is 10.0. The van der Waals surface area contributed by atoms with Gasteiger partial charge in [0.25, 0.3) is 0 Å². The minimum absolute atomic E-state index is 0.294. The highest BCUT2D eigenvalue weighted by atomic mass is 16.4. The predicted octanol–water partition coefficient (Wildman–Crippen LogP) is 4.62. The van der Waals surface area contributed by atoms with Gasteiger partial charge in [0.1, 0.15) is 0 Å². The molecule has 0 radical (unpaired) electrons. The van der Waals surface area contributed by atoms with Crippen LogP contribution in [0.5, 0.6) is 0 Å². The van der Waals surface area contributed by atoms with Crippen molar-refractivity contribution in [2.75, 3.05) is 13.1 Å². The third-order valence-corrected chi connectivity index (χ3v) is 3.96. The minimum Gasteiger partial charge on any atom is -0.478 e. The summed E-state index contributed by atoms with van der Waals surface area (Å²) in [7, 11) is 0. The van der Waals surface area contributed by atoms with Gasteiger partial charge in [0.15, 0.2) is 0 Å². The third-order valence-electron chi connectivity index (χ3n) is 3.96. The number of aryl methyl sites for hydroxylation is 1. The Hall–Kier alpha value is -2.95. The lowest BCUT2D eigenvalue weighted by atomic mass is 9.99. The van der Waals surface area contributed by atoms with Crippen molar-refractivity contribution in [1.82, 2.24) is 5.32 Å². The van der Waals surface area contributed by atoms with Crippen LogP contribution in [0.3, 0.4) is 0 Å². The molecule has 0 heterocycles. The number of rotatable bonds is 9. The first-order valence-corrected chi connectivity index (χ1v) is 8.84. The molecule has 150 valence electrons. The van der Waals surface area contributed by atoms with E-state index in [1.165, 1.54) is 0 Å². The predicted molar refractivity (Wildman–Crippen MR) is 116 cm³/mol.